The number of nitrogens with one attached hydrogen (secondary N) is 3. The first kappa shape index (κ1) is 6.32. The molecule has 0 radical (unpaired) electrons. The number of hydrogen-bond donors (Lipinski definition) is 2. The number of rotatable bonds is 0. The summed E-state index contributed by atoms with van der Waals surface area (Å²) in [7, 11) is 0. The van der Waals surface area contributed by atoms with E-state index in [0.29, 0.717) is 6.17 Å². The maximum absolute atomic E-state index is 11.0. The van der Waals surface area contributed by atoms with E-state index >= 15 is 0 Å². The van der Waals surface area contributed by atoms with Crippen LogP contribution in [-0.4, -0.2) is 18.3 Å². The zero-order valence-corrected chi connectivity index (χ0v) is 5.46. The van der Waals surface area contributed by atoms with Gasteiger partial charge in [0.05, 0.1) is 12.4 Å². The van der Waals surface area contributed by atoms with Gasteiger partial charge in [0.1, 0.15) is 5.91 Å². The number of nitrogens with zero attached hydrogens (tertiary/aromatic N) is 2. The van der Waals surface area contributed by atoms with Crippen LogP contribution in [0.15, 0.2) is 0 Å². The first-order valence-corrected chi connectivity index (χ1v) is 3.04. The van der Waals surface area contributed by atoms with E-state index in [-0.39, 0.29) is 12.2 Å². The van der Waals surface area contributed by atoms with Crippen molar-refractivity contribution in [2.24, 2.45) is 0 Å². The number of amides is 1. The molecule has 1 atom stereocenters. The summed E-state index contributed by atoms with van der Waals surface area (Å²) in [6, 6.07) is -0.496. The van der Waals surface area contributed by atoms with Gasteiger partial charge in [-0.2, -0.15) is 6.29 Å². The van der Waals surface area contributed by atoms with Gasteiger partial charge in [0, 0.05) is 0 Å². The number of carbonyl (C=O) groups excluding carboxylic acids is 1. The van der Waals surface area contributed by atoms with E-state index < -0.39 is 6.04 Å². The van der Waals surface area contributed by atoms with Gasteiger partial charge >= 0.3 is 0 Å². The predicted molar refractivity (Wildman–Crippen MR) is 36.5 cm³/mol. The second-order valence-corrected chi connectivity index (χ2v) is 2.16. The van der Waals surface area contributed by atoms with Gasteiger partial charge in [-0.05, 0) is 0 Å². The molecule has 0 aromatic heterocycles. The lowest BCUT2D eigenvalue weighted by molar-refractivity contribution is -0.422. The van der Waals surface area contributed by atoms with Crippen molar-refractivity contribution in [3.8, 4) is 0 Å². The lowest BCUT2D eigenvalue weighted by Gasteiger charge is -2.47. The molecule has 2 aliphatic rings. The highest BCUT2D eigenvalue weighted by atomic mass is 16.2. The first-order chi connectivity index (χ1) is 5.27. The lowest BCUT2D eigenvalue weighted by atomic mass is 10.2. The third kappa shape index (κ3) is 0.883. The molecule has 0 aromatic carbocycles. The van der Waals surface area contributed by atoms with Gasteiger partial charge < -0.3 is 31.5 Å². The van der Waals surface area contributed by atoms with Crippen molar-refractivity contribution >= 4 is 12.2 Å². The first-order valence-electron chi connectivity index (χ1n) is 3.04. The Morgan fingerprint density at radius 1 is 1.91 bits per heavy atom. The molecule has 2 aliphatic heterocycles. The van der Waals surface area contributed by atoms with Gasteiger partial charge in [0.2, 0.25) is 0 Å². The lowest BCUT2D eigenvalue weighted by Crippen LogP contribution is -2.70. The van der Waals surface area contributed by atoms with Crippen LogP contribution in [0.3, 0.4) is 0 Å². The summed E-state index contributed by atoms with van der Waals surface area (Å²) >= 11 is 0. The minimum atomic E-state index is -0.496. The van der Waals surface area contributed by atoms with Crippen molar-refractivity contribution in [3.05, 3.63) is 28.8 Å². The molecule has 0 bridgehead atoms. The molecule has 2 rings (SSSR count). The van der Waals surface area contributed by atoms with Crippen LogP contribution in [0.1, 0.15) is 0 Å². The van der Waals surface area contributed by atoms with Crippen LogP contribution >= 0.6 is 0 Å². The van der Waals surface area contributed by atoms with Crippen molar-refractivity contribution in [2.45, 2.75) is 6.04 Å². The molecule has 58 valence electrons. The van der Waals surface area contributed by atoms with E-state index in [1.54, 1.807) is 0 Å². The highest BCUT2D eigenvalue weighted by molar-refractivity contribution is 6.01. The molecule has 1 saturated heterocycles. The summed E-state index contributed by atoms with van der Waals surface area (Å²) in [5.74, 6) is -0.374. The number of fused-ring (bicyclic) bond motifs is 1. The van der Waals surface area contributed by atoms with E-state index in [1.165, 1.54) is 6.34 Å². The van der Waals surface area contributed by atoms with Crippen molar-refractivity contribution in [1.29, 1.82) is 0 Å². The van der Waals surface area contributed by atoms with Gasteiger partial charge in [-0.25, -0.2) is 0 Å². The molecule has 11 heavy (non-hydrogen) atoms. The Kier molecular flexibility index (Phi) is 1.17. The second-order valence-electron chi connectivity index (χ2n) is 2.16. The monoisotopic (exact) mass is 151 g/mol. The Morgan fingerprint density at radius 2 is 2.73 bits per heavy atom. The molecule has 1 amide bonds. The molecule has 2 heterocycles. The van der Waals surface area contributed by atoms with E-state index in [1.807, 2.05) is 0 Å². The summed E-state index contributed by atoms with van der Waals surface area (Å²) in [6.45, 7) is 0. The summed E-state index contributed by atoms with van der Waals surface area (Å²) < 4.78 is 0. The SMILES string of the molecule is [NH-][C+]1[N-]C(=O)C2NC=[NH+][C-]2[N-]1. The molecule has 1 fully saturated rings. The fraction of sp³-hybridized carbons (Fsp3) is 0.200. The van der Waals surface area contributed by atoms with Crippen LogP contribution in [0.5, 0.6) is 0 Å². The quantitative estimate of drug-likeness (QED) is 0.405. The average molecular weight is 151 g/mol. The molecule has 6 nitrogen and oxygen atoms in total. The molecule has 3 N–H and O–H groups in total. The smallest absolute Gasteiger partial charge is 0.116 e. The zero-order chi connectivity index (χ0) is 7.84. The fourth-order valence-electron chi connectivity index (χ4n) is 0.954. The molecular formula is C5H5N5O-2. The van der Waals surface area contributed by atoms with Crippen LogP contribution in [0, 0.1) is 12.5 Å². The molecule has 0 spiro atoms. The van der Waals surface area contributed by atoms with Gasteiger partial charge in [-0.3, -0.25) is 0 Å². The van der Waals surface area contributed by atoms with Crippen LogP contribution < -0.4 is 10.3 Å². The van der Waals surface area contributed by atoms with Gasteiger partial charge in [0.25, 0.3) is 0 Å². The van der Waals surface area contributed by atoms with E-state index in [0.717, 1.165) is 0 Å². The zero-order valence-electron chi connectivity index (χ0n) is 5.46. The molecule has 0 aromatic rings. The average Bonchev–Trinajstić information content (AvgIpc) is 2.34. The Labute approximate surface area is 63.2 Å². The summed E-state index contributed by atoms with van der Waals surface area (Å²) in [5.41, 5.74) is 7.01. The molecular weight excluding hydrogens is 146 g/mol. The Morgan fingerprint density at radius 3 is 3.55 bits per heavy atom. The minimum absolute atomic E-state index is 0.245. The van der Waals surface area contributed by atoms with Crippen LogP contribution in [0.25, 0.3) is 16.4 Å². The van der Waals surface area contributed by atoms with Crippen LogP contribution in [0.2, 0.25) is 0 Å². The summed E-state index contributed by atoms with van der Waals surface area (Å²) in [6.07, 6.45) is 1.72. The number of hydrogen-bond acceptors (Lipinski definition) is 2. The van der Waals surface area contributed by atoms with E-state index in [2.05, 4.69) is 20.9 Å². The topological polar surface area (TPSA) is 95.1 Å². The maximum Gasteiger partial charge on any atom is 0.116 e. The molecule has 6 heteroatoms. The van der Waals surface area contributed by atoms with Crippen LogP contribution in [-0.2, 0) is 4.79 Å². The number of carbonyl (C=O) groups is 1. The Bertz CT molecular complexity index is 215. The predicted octanol–water partition coefficient (Wildman–Crippen LogP) is -1.66. The maximum atomic E-state index is 11.0. The van der Waals surface area contributed by atoms with Crippen molar-refractivity contribution < 1.29 is 9.79 Å². The van der Waals surface area contributed by atoms with Crippen molar-refractivity contribution in [2.75, 3.05) is 0 Å². The summed E-state index contributed by atoms with van der Waals surface area (Å²) in [4.78, 5) is 13.7. The second kappa shape index (κ2) is 2.04. The minimum Gasteiger partial charge on any atom is -0.503 e. The molecule has 1 unspecified atom stereocenters. The fourth-order valence-corrected chi connectivity index (χ4v) is 0.954. The standard InChI is InChI=1S/C5H5N5O/c6-5-9-3-2(4(11)10-5)7-1-8-3/h1-2,6-8H/q-2. The van der Waals surface area contributed by atoms with Crippen molar-refractivity contribution in [1.82, 2.24) is 5.32 Å². The third-order valence-corrected chi connectivity index (χ3v) is 1.43. The largest absolute Gasteiger partial charge is 0.503 e. The summed E-state index contributed by atoms with van der Waals surface area (Å²) in [5, 5.41) is 9.78. The molecule has 0 saturated carbocycles. The Hall–Kier alpha value is -1.40. The highest BCUT2D eigenvalue weighted by Gasteiger charge is 2.22. The third-order valence-electron chi connectivity index (χ3n) is 1.43. The van der Waals surface area contributed by atoms with Crippen molar-refractivity contribution in [3.63, 3.8) is 0 Å². The van der Waals surface area contributed by atoms with Gasteiger partial charge in [-0.1, -0.05) is 0 Å². The highest BCUT2D eigenvalue weighted by Crippen LogP contribution is 2.31. The van der Waals surface area contributed by atoms with Crippen LogP contribution in [0.4, 0.5) is 0 Å². The van der Waals surface area contributed by atoms with E-state index in [4.69, 9.17) is 5.73 Å². The molecule has 0 aliphatic carbocycles. The van der Waals surface area contributed by atoms with Gasteiger partial charge in [0.15, 0.2) is 0 Å². The van der Waals surface area contributed by atoms with Gasteiger partial charge in [-0.15, -0.1) is 6.17 Å². The Balaban J connectivity index is 2.14. The normalized spacial score (nSPS) is 28.1. The van der Waals surface area contributed by atoms with E-state index in [9.17, 15) is 4.79 Å².